The Labute approximate surface area is 275 Å². The number of aryl methyl sites for hydroxylation is 5. The molecule has 0 aliphatic heterocycles. The highest BCUT2D eigenvalue weighted by Crippen LogP contribution is 2.42. The quantitative estimate of drug-likeness (QED) is 0.166. The minimum atomic E-state index is -0.399. The van der Waals surface area contributed by atoms with E-state index in [-0.39, 0.29) is 0 Å². The summed E-state index contributed by atoms with van der Waals surface area (Å²) in [5.74, 6) is 0. The lowest BCUT2D eigenvalue weighted by molar-refractivity contribution is 0.620. The van der Waals surface area contributed by atoms with E-state index in [1.165, 1.54) is 74.2 Å². The van der Waals surface area contributed by atoms with Gasteiger partial charge in [0, 0.05) is 17.1 Å². The monoisotopic (exact) mass is 602 g/mol. The van der Waals surface area contributed by atoms with Crippen LogP contribution in [-0.4, -0.2) is 0 Å². The van der Waals surface area contributed by atoms with Gasteiger partial charge in [-0.05, 0) is 127 Å². The van der Waals surface area contributed by atoms with Crippen LogP contribution in [0.2, 0.25) is 0 Å². The van der Waals surface area contributed by atoms with Gasteiger partial charge in [0.2, 0.25) is 0 Å². The predicted octanol–water partition coefficient (Wildman–Crippen LogP) is 12.0. The maximum absolute atomic E-state index is 4.05. The molecule has 2 N–H and O–H groups in total. The highest BCUT2D eigenvalue weighted by atomic mass is 15.0. The van der Waals surface area contributed by atoms with Crippen molar-refractivity contribution in [2.75, 3.05) is 10.6 Å². The van der Waals surface area contributed by atoms with Crippen LogP contribution in [0.1, 0.15) is 65.1 Å². The first kappa shape index (κ1) is 31.2. The molecular formula is C44H46N2. The first-order valence-corrected chi connectivity index (χ1v) is 16.7. The van der Waals surface area contributed by atoms with Crippen molar-refractivity contribution in [3.63, 3.8) is 0 Å². The molecule has 0 fully saturated rings. The van der Waals surface area contributed by atoms with Crippen LogP contribution in [0.15, 0.2) is 127 Å². The van der Waals surface area contributed by atoms with Crippen molar-refractivity contribution in [3.8, 4) is 11.1 Å². The van der Waals surface area contributed by atoms with Crippen LogP contribution in [0.3, 0.4) is 0 Å². The van der Waals surface area contributed by atoms with E-state index in [1.807, 2.05) is 0 Å². The van der Waals surface area contributed by atoms with Crippen molar-refractivity contribution < 1.29 is 0 Å². The summed E-state index contributed by atoms with van der Waals surface area (Å²) in [5, 5.41) is 7.65. The maximum atomic E-state index is 4.05. The van der Waals surface area contributed by atoms with E-state index in [0.29, 0.717) is 0 Å². The molecule has 6 rings (SSSR count). The van der Waals surface area contributed by atoms with E-state index in [9.17, 15) is 0 Å². The number of benzene rings is 5. The van der Waals surface area contributed by atoms with E-state index in [2.05, 4.69) is 173 Å². The van der Waals surface area contributed by atoms with Gasteiger partial charge in [-0.15, -0.1) is 0 Å². The van der Waals surface area contributed by atoms with Gasteiger partial charge in [0.15, 0.2) is 0 Å². The number of unbranched alkanes of at least 4 members (excludes halogenated alkanes) is 1. The summed E-state index contributed by atoms with van der Waals surface area (Å²) in [6.07, 6.45) is 11.5. The third-order valence-electron chi connectivity index (χ3n) is 9.32. The minimum absolute atomic E-state index is 0.399. The van der Waals surface area contributed by atoms with Gasteiger partial charge in [0.1, 0.15) is 0 Å². The van der Waals surface area contributed by atoms with E-state index in [1.54, 1.807) is 0 Å². The van der Waals surface area contributed by atoms with Crippen molar-refractivity contribution in [1.82, 2.24) is 0 Å². The van der Waals surface area contributed by atoms with E-state index >= 15 is 0 Å². The molecule has 0 saturated carbocycles. The van der Waals surface area contributed by atoms with Crippen molar-refractivity contribution in [2.45, 2.75) is 65.8 Å². The normalized spacial score (nSPS) is 15.8. The SMILES string of the molecule is CCCCc1ccc(-c2ccccc2C2(Nc3cc(C)ccc3C)C=CC(c3ccc(Nc4cc(C)ccc4C)cc3)=CC2)cc1. The van der Waals surface area contributed by atoms with Crippen molar-refractivity contribution in [3.05, 3.63) is 166 Å². The maximum Gasteiger partial charge on any atom is 0.0853 e. The molecule has 0 amide bonds. The fourth-order valence-electron chi connectivity index (χ4n) is 6.45. The second-order valence-corrected chi connectivity index (χ2v) is 13.0. The summed E-state index contributed by atoms with van der Waals surface area (Å²) in [6, 6.07) is 40.2. The van der Waals surface area contributed by atoms with Crippen LogP contribution >= 0.6 is 0 Å². The second-order valence-electron chi connectivity index (χ2n) is 13.0. The van der Waals surface area contributed by atoms with Crippen LogP contribution in [0.4, 0.5) is 17.1 Å². The smallest absolute Gasteiger partial charge is 0.0853 e. The standard InChI is InChI=1S/C44H46N2/c1-6-7-10-35-17-19-38(20-18-35)40-11-8-9-12-41(40)44(46-43-30-32(3)14-16-34(43)5)27-25-37(26-28-44)36-21-23-39(24-22-36)45-42-29-31(2)13-15-33(42)4/h8-9,11-27,29-30,45-46H,6-7,10,28H2,1-5H3. The molecule has 0 spiro atoms. The van der Waals surface area contributed by atoms with Crippen molar-refractivity contribution >= 4 is 22.6 Å². The number of hydrogen-bond donors (Lipinski definition) is 2. The van der Waals surface area contributed by atoms with Gasteiger partial charge >= 0.3 is 0 Å². The summed E-state index contributed by atoms with van der Waals surface area (Å²) in [5.41, 5.74) is 15.7. The van der Waals surface area contributed by atoms with Gasteiger partial charge in [0.05, 0.1) is 5.54 Å². The Hall–Kier alpha value is -4.82. The molecule has 0 heterocycles. The molecule has 0 saturated heterocycles. The Balaban J connectivity index is 1.33. The fraction of sp³-hybridized carbons (Fsp3) is 0.227. The number of anilines is 3. The van der Waals surface area contributed by atoms with Gasteiger partial charge in [-0.25, -0.2) is 0 Å². The minimum Gasteiger partial charge on any atom is -0.372 e. The van der Waals surface area contributed by atoms with E-state index < -0.39 is 5.54 Å². The van der Waals surface area contributed by atoms with Crippen LogP contribution in [0.25, 0.3) is 16.7 Å². The number of rotatable bonds is 10. The van der Waals surface area contributed by atoms with E-state index in [0.717, 1.165) is 24.2 Å². The van der Waals surface area contributed by atoms with Gasteiger partial charge in [-0.2, -0.15) is 0 Å². The van der Waals surface area contributed by atoms with Crippen molar-refractivity contribution in [2.24, 2.45) is 0 Å². The molecule has 0 aromatic heterocycles. The molecule has 232 valence electrons. The number of allylic oxidation sites excluding steroid dienone is 2. The molecule has 1 aliphatic carbocycles. The van der Waals surface area contributed by atoms with Crippen LogP contribution in [0.5, 0.6) is 0 Å². The van der Waals surface area contributed by atoms with Gasteiger partial charge in [-0.3, -0.25) is 0 Å². The average molecular weight is 603 g/mol. The second kappa shape index (κ2) is 13.7. The summed E-state index contributed by atoms with van der Waals surface area (Å²) in [6.45, 7) is 10.9. The molecule has 5 aromatic carbocycles. The first-order chi connectivity index (χ1) is 22.3. The van der Waals surface area contributed by atoms with Gasteiger partial charge in [-0.1, -0.05) is 117 Å². The summed E-state index contributed by atoms with van der Waals surface area (Å²) in [7, 11) is 0. The number of nitrogens with one attached hydrogen (secondary N) is 2. The number of hydrogen-bond acceptors (Lipinski definition) is 2. The highest BCUT2D eigenvalue weighted by molar-refractivity contribution is 5.80. The molecule has 2 heteroatoms. The molecule has 1 aliphatic rings. The molecule has 1 unspecified atom stereocenters. The summed E-state index contributed by atoms with van der Waals surface area (Å²) >= 11 is 0. The van der Waals surface area contributed by atoms with E-state index in [4.69, 9.17) is 0 Å². The largest absolute Gasteiger partial charge is 0.372 e. The average Bonchev–Trinajstić information content (AvgIpc) is 3.08. The topological polar surface area (TPSA) is 24.1 Å². The van der Waals surface area contributed by atoms with Crippen LogP contribution < -0.4 is 10.6 Å². The molecule has 5 aromatic rings. The molecule has 0 radical (unpaired) electrons. The predicted molar refractivity (Wildman–Crippen MR) is 199 cm³/mol. The molecule has 0 bridgehead atoms. The van der Waals surface area contributed by atoms with Crippen LogP contribution in [0, 0.1) is 27.7 Å². The van der Waals surface area contributed by atoms with Gasteiger partial charge < -0.3 is 10.6 Å². The molecule has 46 heavy (non-hydrogen) atoms. The Morgan fingerprint density at radius 1 is 0.674 bits per heavy atom. The molecular weight excluding hydrogens is 556 g/mol. The Morgan fingerprint density at radius 2 is 1.33 bits per heavy atom. The first-order valence-electron chi connectivity index (χ1n) is 16.7. The zero-order valence-electron chi connectivity index (χ0n) is 28.0. The molecule has 1 atom stereocenters. The molecule has 2 nitrogen and oxygen atoms in total. The Morgan fingerprint density at radius 3 is 2.00 bits per heavy atom. The lowest BCUT2D eigenvalue weighted by atomic mass is 9.77. The Kier molecular flexibility index (Phi) is 9.26. The summed E-state index contributed by atoms with van der Waals surface area (Å²) < 4.78 is 0. The van der Waals surface area contributed by atoms with Gasteiger partial charge in [0.25, 0.3) is 0 Å². The third-order valence-corrected chi connectivity index (χ3v) is 9.32. The lowest BCUT2D eigenvalue weighted by Gasteiger charge is -2.37. The lowest BCUT2D eigenvalue weighted by Crippen LogP contribution is -2.35. The Bertz CT molecular complexity index is 1880. The zero-order valence-corrected chi connectivity index (χ0v) is 28.0. The summed E-state index contributed by atoms with van der Waals surface area (Å²) in [4.78, 5) is 0. The zero-order chi connectivity index (χ0) is 32.1. The van der Waals surface area contributed by atoms with Crippen LogP contribution in [-0.2, 0) is 12.0 Å². The third kappa shape index (κ3) is 6.87. The highest BCUT2D eigenvalue weighted by Gasteiger charge is 2.33. The van der Waals surface area contributed by atoms with Crippen molar-refractivity contribution in [1.29, 1.82) is 0 Å². The fourth-order valence-corrected chi connectivity index (χ4v) is 6.45.